The molecule has 0 aliphatic carbocycles. The lowest BCUT2D eigenvalue weighted by atomic mass is 10.1. The summed E-state index contributed by atoms with van der Waals surface area (Å²) in [5, 5.41) is 5.67. The summed E-state index contributed by atoms with van der Waals surface area (Å²) in [5.41, 5.74) is 2.63. The summed E-state index contributed by atoms with van der Waals surface area (Å²) in [7, 11) is 0. The summed E-state index contributed by atoms with van der Waals surface area (Å²) in [6.45, 7) is 2.34. The number of benzene rings is 1. The van der Waals surface area contributed by atoms with Crippen LogP contribution in [0.5, 0.6) is 0 Å². The number of rotatable bonds is 4. The second-order valence-corrected chi connectivity index (χ2v) is 6.78. The number of pyridine rings is 1. The van der Waals surface area contributed by atoms with Gasteiger partial charge in [-0.15, -0.1) is 11.8 Å². The Morgan fingerprint density at radius 1 is 1.35 bits per heavy atom. The molecule has 1 aliphatic rings. The Labute approximate surface area is 138 Å². The minimum atomic E-state index is -0.0869. The quantitative estimate of drug-likeness (QED) is 0.904. The maximum atomic E-state index is 12.0. The lowest BCUT2D eigenvalue weighted by Gasteiger charge is -2.21. The SMILES string of the molecule is CC1Sc2ccc(CC(=O)NCc3cccnc3)cc2NC1=O. The van der Waals surface area contributed by atoms with Gasteiger partial charge >= 0.3 is 0 Å². The highest BCUT2D eigenvalue weighted by molar-refractivity contribution is 8.00. The summed E-state index contributed by atoms with van der Waals surface area (Å²) in [4.78, 5) is 28.8. The Bertz CT molecular complexity index is 734. The number of hydrogen-bond acceptors (Lipinski definition) is 4. The molecular weight excluding hydrogens is 310 g/mol. The summed E-state index contributed by atoms with van der Waals surface area (Å²) in [6, 6.07) is 9.52. The Hall–Kier alpha value is -2.34. The third-order valence-corrected chi connectivity index (χ3v) is 4.73. The summed E-state index contributed by atoms with van der Waals surface area (Å²) in [5.74, 6) is -0.0577. The van der Waals surface area contributed by atoms with Crippen molar-refractivity contribution in [1.82, 2.24) is 10.3 Å². The molecule has 5 nitrogen and oxygen atoms in total. The molecule has 2 heterocycles. The van der Waals surface area contributed by atoms with E-state index in [1.165, 1.54) is 11.8 Å². The molecule has 2 amide bonds. The third kappa shape index (κ3) is 3.90. The number of anilines is 1. The van der Waals surface area contributed by atoms with Crippen molar-refractivity contribution < 1.29 is 9.59 Å². The van der Waals surface area contributed by atoms with Crippen molar-refractivity contribution in [2.45, 2.75) is 30.0 Å². The van der Waals surface area contributed by atoms with Gasteiger partial charge in [-0.2, -0.15) is 0 Å². The molecule has 118 valence electrons. The molecule has 1 atom stereocenters. The van der Waals surface area contributed by atoms with Crippen LogP contribution in [0.1, 0.15) is 18.1 Å². The second-order valence-electron chi connectivity index (χ2n) is 5.39. The van der Waals surface area contributed by atoms with E-state index in [-0.39, 0.29) is 23.5 Å². The normalized spacial score (nSPS) is 16.4. The number of nitrogens with zero attached hydrogens (tertiary/aromatic N) is 1. The van der Waals surface area contributed by atoms with Gasteiger partial charge in [-0.3, -0.25) is 14.6 Å². The lowest BCUT2D eigenvalue weighted by Crippen LogP contribution is -2.27. The summed E-state index contributed by atoms with van der Waals surface area (Å²) in [6.07, 6.45) is 3.71. The van der Waals surface area contributed by atoms with Gasteiger partial charge < -0.3 is 10.6 Å². The van der Waals surface area contributed by atoms with Gasteiger partial charge in [-0.05, 0) is 36.2 Å². The molecule has 2 aromatic rings. The van der Waals surface area contributed by atoms with Crippen LogP contribution in [0.4, 0.5) is 5.69 Å². The van der Waals surface area contributed by atoms with Gasteiger partial charge in [-0.1, -0.05) is 12.1 Å². The van der Waals surface area contributed by atoms with Crippen LogP contribution in [-0.2, 0) is 22.6 Å². The number of nitrogens with one attached hydrogen (secondary N) is 2. The molecule has 0 fully saturated rings. The first-order valence-corrected chi connectivity index (χ1v) is 8.26. The van der Waals surface area contributed by atoms with Crippen LogP contribution in [0.2, 0.25) is 0 Å². The second kappa shape index (κ2) is 6.83. The van der Waals surface area contributed by atoms with Gasteiger partial charge in [0.25, 0.3) is 0 Å². The smallest absolute Gasteiger partial charge is 0.237 e. The first-order valence-electron chi connectivity index (χ1n) is 7.38. The number of carbonyl (C=O) groups excluding carboxylic acids is 2. The Kier molecular flexibility index (Phi) is 4.62. The van der Waals surface area contributed by atoms with Crippen molar-refractivity contribution in [1.29, 1.82) is 0 Å². The Morgan fingerprint density at radius 2 is 2.22 bits per heavy atom. The van der Waals surface area contributed by atoms with Gasteiger partial charge in [0.15, 0.2) is 0 Å². The van der Waals surface area contributed by atoms with Crippen LogP contribution in [0.3, 0.4) is 0 Å². The fourth-order valence-electron chi connectivity index (χ4n) is 2.32. The average molecular weight is 327 g/mol. The molecule has 2 N–H and O–H groups in total. The van der Waals surface area contributed by atoms with E-state index in [4.69, 9.17) is 0 Å². The highest BCUT2D eigenvalue weighted by Gasteiger charge is 2.23. The molecule has 3 rings (SSSR count). The largest absolute Gasteiger partial charge is 0.352 e. The number of fused-ring (bicyclic) bond motifs is 1. The molecule has 1 aromatic carbocycles. The topological polar surface area (TPSA) is 71.1 Å². The monoisotopic (exact) mass is 327 g/mol. The first kappa shape index (κ1) is 15.6. The van der Waals surface area contributed by atoms with E-state index in [1.807, 2.05) is 37.3 Å². The van der Waals surface area contributed by atoms with Crippen LogP contribution in [-0.4, -0.2) is 22.0 Å². The first-order chi connectivity index (χ1) is 11.1. The molecule has 1 unspecified atom stereocenters. The van der Waals surface area contributed by atoms with Gasteiger partial charge in [0.2, 0.25) is 11.8 Å². The third-order valence-electron chi connectivity index (χ3n) is 3.55. The summed E-state index contributed by atoms with van der Waals surface area (Å²) < 4.78 is 0. The maximum Gasteiger partial charge on any atom is 0.237 e. The minimum Gasteiger partial charge on any atom is -0.352 e. The number of thioether (sulfide) groups is 1. The average Bonchev–Trinajstić information content (AvgIpc) is 2.55. The minimum absolute atomic E-state index is 0.000629. The molecule has 23 heavy (non-hydrogen) atoms. The van der Waals surface area contributed by atoms with Gasteiger partial charge in [-0.25, -0.2) is 0 Å². The molecular formula is C17H17N3O2S. The summed E-state index contributed by atoms with van der Waals surface area (Å²) >= 11 is 1.54. The number of aromatic nitrogens is 1. The van der Waals surface area contributed by atoms with Crippen molar-refractivity contribution >= 4 is 29.3 Å². The molecule has 6 heteroatoms. The van der Waals surface area contributed by atoms with Crippen molar-refractivity contribution in [3.63, 3.8) is 0 Å². The van der Waals surface area contributed by atoms with Gasteiger partial charge in [0, 0.05) is 23.8 Å². The zero-order chi connectivity index (χ0) is 16.2. The molecule has 0 saturated heterocycles. The van der Waals surface area contributed by atoms with E-state index < -0.39 is 0 Å². The van der Waals surface area contributed by atoms with Crippen LogP contribution < -0.4 is 10.6 Å². The fourth-order valence-corrected chi connectivity index (χ4v) is 3.25. The number of carbonyl (C=O) groups is 2. The number of amides is 2. The zero-order valence-electron chi connectivity index (χ0n) is 12.7. The molecule has 1 aliphatic heterocycles. The predicted octanol–water partition coefficient (Wildman–Crippen LogP) is 2.37. The molecule has 0 saturated carbocycles. The Morgan fingerprint density at radius 3 is 3.00 bits per heavy atom. The maximum absolute atomic E-state index is 12.0. The fraction of sp³-hybridized carbons (Fsp3) is 0.235. The van der Waals surface area contributed by atoms with Crippen molar-refractivity contribution in [2.24, 2.45) is 0 Å². The molecule has 0 bridgehead atoms. The van der Waals surface area contributed by atoms with Gasteiger partial charge in [0.1, 0.15) is 0 Å². The molecule has 1 aromatic heterocycles. The van der Waals surface area contributed by atoms with Crippen molar-refractivity contribution in [2.75, 3.05) is 5.32 Å². The van der Waals surface area contributed by atoms with E-state index in [2.05, 4.69) is 15.6 Å². The van der Waals surface area contributed by atoms with Crippen LogP contribution in [0.25, 0.3) is 0 Å². The van der Waals surface area contributed by atoms with E-state index in [0.29, 0.717) is 6.54 Å². The van der Waals surface area contributed by atoms with Crippen molar-refractivity contribution in [3.05, 3.63) is 53.9 Å². The molecule has 0 radical (unpaired) electrons. The van der Waals surface area contributed by atoms with Crippen LogP contribution in [0, 0.1) is 0 Å². The van der Waals surface area contributed by atoms with E-state index >= 15 is 0 Å². The highest BCUT2D eigenvalue weighted by atomic mass is 32.2. The molecule has 0 spiro atoms. The number of hydrogen-bond donors (Lipinski definition) is 2. The van der Waals surface area contributed by atoms with Gasteiger partial charge in [0.05, 0.1) is 17.4 Å². The van der Waals surface area contributed by atoms with E-state index in [1.54, 1.807) is 12.4 Å². The predicted molar refractivity (Wildman–Crippen MR) is 90.2 cm³/mol. The van der Waals surface area contributed by atoms with Crippen LogP contribution in [0.15, 0.2) is 47.6 Å². The van der Waals surface area contributed by atoms with Crippen LogP contribution >= 0.6 is 11.8 Å². The highest BCUT2D eigenvalue weighted by Crippen LogP contribution is 2.35. The zero-order valence-corrected chi connectivity index (χ0v) is 13.5. The lowest BCUT2D eigenvalue weighted by molar-refractivity contribution is -0.120. The van der Waals surface area contributed by atoms with Crippen molar-refractivity contribution in [3.8, 4) is 0 Å². The van der Waals surface area contributed by atoms with E-state index in [9.17, 15) is 9.59 Å². The Balaban J connectivity index is 1.61. The standard InChI is InChI=1S/C17H17N3O2S/c1-11-17(22)20-14-7-12(4-5-15(14)23-11)8-16(21)19-10-13-3-2-6-18-9-13/h2-7,9,11H,8,10H2,1H3,(H,19,21)(H,20,22). The van der Waals surface area contributed by atoms with E-state index in [0.717, 1.165) is 21.7 Å².